The van der Waals surface area contributed by atoms with Gasteiger partial charge in [0.15, 0.2) is 0 Å². The molecule has 96 valence electrons. The molecule has 0 amide bonds. The first kappa shape index (κ1) is 11.7. The number of hydrogen-bond acceptors (Lipinski definition) is 3. The molecule has 0 aliphatic rings. The molecule has 0 saturated carbocycles. The third kappa shape index (κ3) is 1.76. The Hall–Kier alpha value is -2.36. The number of hydrogen-bond donors (Lipinski definition) is 0. The molecule has 3 aromatic rings. The zero-order valence-corrected chi connectivity index (χ0v) is 11.1. The van der Waals surface area contributed by atoms with Crippen LogP contribution < -0.4 is 0 Å². The van der Waals surface area contributed by atoms with Gasteiger partial charge in [-0.25, -0.2) is 9.78 Å². The number of methoxy groups -OCH3 is 1. The van der Waals surface area contributed by atoms with Gasteiger partial charge in [0, 0.05) is 18.6 Å². The Morgan fingerprint density at radius 3 is 2.84 bits per heavy atom. The van der Waals surface area contributed by atoms with Crippen LogP contribution >= 0.6 is 0 Å². The summed E-state index contributed by atoms with van der Waals surface area (Å²) in [5.74, 6) is -0.357. The number of aryl methyl sites for hydroxylation is 2. The van der Waals surface area contributed by atoms with Crippen LogP contribution in [0.15, 0.2) is 30.5 Å². The summed E-state index contributed by atoms with van der Waals surface area (Å²) >= 11 is 0. The molecular formula is C15H14N2O2. The number of ether oxygens (including phenoxy) is 1. The number of fused-ring (bicyclic) bond motifs is 2. The molecule has 0 spiro atoms. The average molecular weight is 254 g/mol. The summed E-state index contributed by atoms with van der Waals surface area (Å²) in [6.45, 7) is 2.05. The summed E-state index contributed by atoms with van der Waals surface area (Å²) in [7, 11) is 3.28. The quantitative estimate of drug-likeness (QED) is 0.627. The van der Waals surface area contributed by atoms with E-state index in [4.69, 9.17) is 4.74 Å². The fourth-order valence-corrected chi connectivity index (χ4v) is 2.34. The first-order chi connectivity index (χ1) is 9.10. The van der Waals surface area contributed by atoms with Crippen molar-refractivity contribution in [2.45, 2.75) is 6.92 Å². The summed E-state index contributed by atoms with van der Waals surface area (Å²) in [6, 6.07) is 8.13. The molecule has 4 heteroatoms. The zero-order valence-electron chi connectivity index (χ0n) is 11.1. The maximum Gasteiger partial charge on any atom is 0.341 e. The zero-order chi connectivity index (χ0) is 13.6. The Morgan fingerprint density at radius 2 is 2.11 bits per heavy atom. The molecule has 4 nitrogen and oxygen atoms in total. The monoisotopic (exact) mass is 254 g/mol. The van der Waals surface area contributed by atoms with Gasteiger partial charge >= 0.3 is 5.97 Å². The summed E-state index contributed by atoms with van der Waals surface area (Å²) in [6.07, 6.45) is 1.76. The largest absolute Gasteiger partial charge is 0.465 e. The predicted octanol–water partition coefficient (Wildman–Crippen LogP) is 2.82. The Morgan fingerprint density at radius 1 is 1.32 bits per heavy atom. The Labute approximate surface area is 110 Å². The van der Waals surface area contributed by atoms with Gasteiger partial charge in [-0.05, 0) is 25.1 Å². The minimum absolute atomic E-state index is 0.357. The van der Waals surface area contributed by atoms with Gasteiger partial charge in [0.1, 0.15) is 11.1 Å². The molecular weight excluding hydrogens is 240 g/mol. The van der Waals surface area contributed by atoms with E-state index in [1.54, 1.807) is 6.20 Å². The maximum absolute atomic E-state index is 11.8. The van der Waals surface area contributed by atoms with Crippen molar-refractivity contribution in [3.63, 3.8) is 0 Å². The standard InChI is InChI=1S/C15H14N2O2/c1-9-4-5-12-10(6-9)7-13-14(16-12)11(8-17(13)2)15(18)19-3/h4-8H,1-3H3. The molecule has 2 heterocycles. The van der Waals surface area contributed by atoms with Crippen LogP contribution in [0.3, 0.4) is 0 Å². The highest BCUT2D eigenvalue weighted by atomic mass is 16.5. The molecule has 0 saturated heterocycles. The molecule has 0 atom stereocenters. The molecule has 3 rings (SSSR count). The average Bonchev–Trinajstić information content (AvgIpc) is 2.72. The third-order valence-corrected chi connectivity index (χ3v) is 3.31. The van der Waals surface area contributed by atoms with Gasteiger partial charge < -0.3 is 9.30 Å². The van der Waals surface area contributed by atoms with Gasteiger partial charge in [-0.2, -0.15) is 0 Å². The Kier molecular flexibility index (Phi) is 2.52. The van der Waals surface area contributed by atoms with E-state index in [0.29, 0.717) is 11.1 Å². The summed E-state index contributed by atoms with van der Waals surface area (Å²) in [4.78, 5) is 16.3. The first-order valence-electron chi connectivity index (χ1n) is 6.05. The second kappa shape index (κ2) is 4.09. The van der Waals surface area contributed by atoms with Crippen molar-refractivity contribution < 1.29 is 9.53 Å². The van der Waals surface area contributed by atoms with Gasteiger partial charge in [-0.1, -0.05) is 11.6 Å². The lowest BCUT2D eigenvalue weighted by atomic mass is 10.1. The van der Waals surface area contributed by atoms with Crippen molar-refractivity contribution in [3.8, 4) is 0 Å². The van der Waals surface area contributed by atoms with Crippen molar-refractivity contribution in [2.75, 3.05) is 7.11 Å². The van der Waals surface area contributed by atoms with Gasteiger partial charge in [0.25, 0.3) is 0 Å². The van der Waals surface area contributed by atoms with Crippen molar-refractivity contribution >= 4 is 27.9 Å². The molecule has 2 aromatic heterocycles. The van der Waals surface area contributed by atoms with E-state index in [0.717, 1.165) is 16.4 Å². The molecule has 0 N–H and O–H groups in total. The highest BCUT2D eigenvalue weighted by Gasteiger charge is 2.16. The van der Waals surface area contributed by atoms with Gasteiger partial charge in [0.2, 0.25) is 0 Å². The second-order valence-electron chi connectivity index (χ2n) is 4.70. The van der Waals surface area contributed by atoms with E-state index in [9.17, 15) is 4.79 Å². The van der Waals surface area contributed by atoms with Crippen LogP contribution in [0, 0.1) is 6.92 Å². The van der Waals surface area contributed by atoms with Crippen LogP contribution in [-0.4, -0.2) is 22.6 Å². The minimum Gasteiger partial charge on any atom is -0.465 e. The number of aromatic nitrogens is 2. The number of benzene rings is 1. The van der Waals surface area contributed by atoms with E-state index >= 15 is 0 Å². The molecule has 19 heavy (non-hydrogen) atoms. The van der Waals surface area contributed by atoms with Crippen LogP contribution in [0.1, 0.15) is 15.9 Å². The van der Waals surface area contributed by atoms with E-state index in [1.807, 2.05) is 23.7 Å². The lowest BCUT2D eigenvalue weighted by Gasteiger charge is -2.02. The maximum atomic E-state index is 11.8. The van der Waals surface area contributed by atoms with Crippen molar-refractivity contribution in [3.05, 3.63) is 41.6 Å². The smallest absolute Gasteiger partial charge is 0.341 e. The molecule has 1 aromatic carbocycles. The lowest BCUT2D eigenvalue weighted by Crippen LogP contribution is -2.00. The highest BCUT2D eigenvalue weighted by molar-refractivity contribution is 6.05. The Balaban J connectivity index is 2.39. The number of pyridine rings is 1. The number of carbonyl (C=O) groups excluding carboxylic acids is 1. The number of nitrogens with zero attached hydrogens (tertiary/aromatic N) is 2. The number of esters is 1. The minimum atomic E-state index is -0.357. The van der Waals surface area contributed by atoms with Crippen LogP contribution in [0.4, 0.5) is 0 Å². The SMILES string of the molecule is COC(=O)c1cn(C)c2cc3cc(C)ccc3nc12. The fourth-order valence-electron chi connectivity index (χ4n) is 2.34. The summed E-state index contributed by atoms with van der Waals surface area (Å²) in [5.41, 5.74) is 4.19. The Bertz CT molecular complexity index is 803. The van der Waals surface area contributed by atoms with Crippen molar-refractivity contribution in [1.29, 1.82) is 0 Å². The lowest BCUT2D eigenvalue weighted by molar-refractivity contribution is 0.0602. The van der Waals surface area contributed by atoms with Crippen LogP contribution in [-0.2, 0) is 11.8 Å². The van der Waals surface area contributed by atoms with E-state index in [-0.39, 0.29) is 5.97 Å². The number of rotatable bonds is 1. The van der Waals surface area contributed by atoms with E-state index in [1.165, 1.54) is 12.7 Å². The fraction of sp³-hybridized carbons (Fsp3) is 0.200. The highest BCUT2D eigenvalue weighted by Crippen LogP contribution is 2.24. The molecule has 0 radical (unpaired) electrons. The van der Waals surface area contributed by atoms with Gasteiger partial charge in [-0.3, -0.25) is 0 Å². The van der Waals surface area contributed by atoms with Crippen LogP contribution in [0.5, 0.6) is 0 Å². The van der Waals surface area contributed by atoms with Crippen LogP contribution in [0.25, 0.3) is 21.9 Å². The van der Waals surface area contributed by atoms with Gasteiger partial charge in [0.05, 0.1) is 18.1 Å². The molecule has 0 fully saturated rings. The molecule has 0 bridgehead atoms. The second-order valence-corrected chi connectivity index (χ2v) is 4.70. The van der Waals surface area contributed by atoms with Crippen molar-refractivity contribution in [1.82, 2.24) is 9.55 Å². The number of carbonyl (C=O) groups is 1. The predicted molar refractivity (Wildman–Crippen MR) is 74.3 cm³/mol. The molecule has 0 aliphatic carbocycles. The summed E-state index contributed by atoms with van der Waals surface area (Å²) in [5, 5.41) is 1.07. The van der Waals surface area contributed by atoms with E-state index in [2.05, 4.69) is 24.0 Å². The topological polar surface area (TPSA) is 44.1 Å². The van der Waals surface area contributed by atoms with E-state index < -0.39 is 0 Å². The third-order valence-electron chi connectivity index (χ3n) is 3.31. The molecule has 0 aliphatic heterocycles. The summed E-state index contributed by atoms with van der Waals surface area (Å²) < 4.78 is 6.70. The molecule has 0 unspecified atom stereocenters. The van der Waals surface area contributed by atoms with Gasteiger partial charge in [-0.15, -0.1) is 0 Å². The van der Waals surface area contributed by atoms with Crippen LogP contribution in [0.2, 0.25) is 0 Å². The normalized spacial score (nSPS) is 11.1. The first-order valence-corrected chi connectivity index (χ1v) is 6.05. The van der Waals surface area contributed by atoms with Crippen molar-refractivity contribution in [2.24, 2.45) is 7.05 Å².